The zero-order valence-corrected chi connectivity index (χ0v) is 18.4. The summed E-state index contributed by atoms with van der Waals surface area (Å²) < 4.78 is 11.8. The molecule has 1 aromatic rings. The lowest BCUT2D eigenvalue weighted by Gasteiger charge is -2.34. The molecule has 6 nitrogen and oxygen atoms in total. The average Bonchev–Trinajstić information content (AvgIpc) is 3.30. The SMILES string of the molecule is CCNC(=NCc1c(O)ccc2c1CCCC2)N1CCC(OCC2CCCO2)CC1. The number of rotatable bonds is 6. The number of nitrogens with zero attached hydrogens (tertiary/aromatic N) is 2. The molecule has 1 aliphatic carbocycles. The molecule has 2 saturated heterocycles. The van der Waals surface area contributed by atoms with E-state index in [2.05, 4.69) is 23.2 Å². The van der Waals surface area contributed by atoms with Gasteiger partial charge in [-0.1, -0.05) is 6.07 Å². The number of aromatic hydroxyl groups is 1. The smallest absolute Gasteiger partial charge is 0.194 e. The first-order valence-electron chi connectivity index (χ1n) is 11.8. The molecule has 2 aliphatic heterocycles. The van der Waals surface area contributed by atoms with Gasteiger partial charge in [0.15, 0.2) is 5.96 Å². The lowest BCUT2D eigenvalue weighted by Crippen LogP contribution is -2.47. The van der Waals surface area contributed by atoms with Crippen molar-refractivity contribution in [3.05, 3.63) is 28.8 Å². The Kier molecular flexibility index (Phi) is 7.50. The first-order valence-corrected chi connectivity index (χ1v) is 11.8. The molecule has 166 valence electrons. The number of aliphatic imine (C=N–C) groups is 1. The molecule has 0 amide bonds. The predicted molar refractivity (Wildman–Crippen MR) is 119 cm³/mol. The number of fused-ring (bicyclic) bond motifs is 1. The van der Waals surface area contributed by atoms with Crippen molar-refractivity contribution in [2.45, 2.75) is 77.0 Å². The van der Waals surface area contributed by atoms with Crippen LogP contribution in [0.4, 0.5) is 0 Å². The van der Waals surface area contributed by atoms with Crippen LogP contribution in [0.3, 0.4) is 0 Å². The molecular formula is C24H37N3O3. The van der Waals surface area contributed by atoms with Gasteiger partial charge in [-0.15, -0.1) is 0 Å². The standard InChI is InChI=1S/C24H37N3O3/c1-2-25-24(26-16-22-21-8-4-3-6-18(21)9-10-23(22)28)27-13-11-19(12-14-27)30-17-20-7-5-15-29-20/h9-10,19-20,28H,2-8,11-17H2,1H3,(H,25,26). The van der Waals surface area contributed by atoms with Gasteiger partial charge in [-0.3, -0.25) is 0 Å². The van der Waals surface area contributed by atoms with Crippen LogP contribution < -0.4 is 5.32 Å². The van der Waals surface area contributed by atoms with Crippen LogP contribution >= 0.6 is 0 Å². The predicted octanol–water partition coefficient (Wildman–Crippen LogP) is 3.40. The number of benzene rings is 1. The van der Waals surface area contributed by atoms with Gasteiger partial charge in [0.2, 0.25) is 0 Å². The van der Waals surface area contributed by atoms with Gasteiger partial charge in [-0.05, 0) is 75.5 Å². The van der Waals surface area contributed by atoms with E-state index in [0.717, 1.165) is 82.9 Å². The highest BCUT2D eigenvalue weighted by molar-refractivity contribution is 5.80. The summed E-state index contributed by atoms with van der Waals surface area (Å²) in [5, 5.41) is 13.9. The van der Waals surface area contributed by atoms with Crippen LogP contribution in [0.5, 0.6) is 5.75 Å². The molecule has 3 aliphatic rings. The summed E-state index contributed by atoms with van der Waals surface area (Å²) in [5.74, 6) is 1.33. The van der Waals surface area contributed by atoms with E-state index < -0.39 is 0 Å². The number of aryl methyl sites for hydroxylation is 1. The molecule has 4 rings (SSSR count). The maximum Gasteiger partial charge on any atom is 0.194 e. The van der Waals surface area contributed by atoms with E-state index >= 15 is 0 Å². The fraction of sp³-hybridized carbons (Fsp3) is 0.708. The van der Waals surface area contributed by atoms with Crippen molar-refractivity contribution >= 4 is 5.96 Å². The lowest BCUT2D eigenvalue weighted by atomic mass is 9.88. The largest absolute Gasteiger partial charge is 0.508 e. The summed E-state index contributed by atoms with van der Waals surface area (Å²) in [5.41, 5.74) is 3.72. The van der Waals surface area contributed by atoms with E-state index in [9.17, 15) is 5.11 Å². The number of piperidine rings is 1. The van der Waals surface area contributed by atoms with Gasteiger partial charge in [-0.25, -0.2) is 4.99 Å². The monoisotopic (exact) mass is 415 g/mol. The third-order valence-electron chi connectivity index (χ3n) is 6.63. The number of likely N-dealkylation sites (tertiary alicyclic amines) is 1. The number of guanidine groups is 1. The van der Waals surface area contributed by atoms with Crippen LogP contribution in [0, 0.1) is 0 Å². The third-order valence-corrected chi connectivity index (χ3v) is 6.63. The maximum atomic E-state index is 10.5. The van der Waals surface area contributed by atoms with Crippen LogP contribution in [0.25, 0.3) is 0 Å². The summed E-state index contributed by atoms with van der Waals surface area (Å²) in [6, 6.07) is 3.93. The van der Waals surface area contributed by atoms with Gasteiger partial charge >= 0.3 is 0 Å². The third kappa shape index (κ3) is 5.27. The molecule has 0 spiro atoms. The molecule has 2 N–H and O–H groups in total. The fourth-order valence-corrected chi connectivity index (χ4v) is 4.90. The van der Waals surface area contributed by atoms with E-state index in [0.29, 0.717) is 24.5 Å². The second kappa shape index (κ2) is 10.5. The van der Waals surface area contributed by atoms with Gasteiger partial charge in [0.1, 0.15) is 5.75 Å². The summed E-state index contributed by atoms with van der Waals surface area (Å²) in [6.45, 7) is 6.99. The number of hydrogen-bond acceptors (Lipinski definition) is 4. The van der Waals surface area contributed by atoms with Gasteiger partial charge in [-0.2, -0.15) is 0 Å². The molecule has 0 aromatic heterocycles. The Morgan fingerprint density at radius 3 is 2.80 bits per heavy atom. The number of ether oxygens (including phenoxy) is 2. The second-order valence-corrected chi connectivity index (χ2v) is 8.73. The van der Waals surface area contributed by atoms with E-state index in [-0.39, 0.29) is 0 Å². The van der Waals surface area contributed by atoms with Crippen LogP contribution in [0.2, 0.25) is 0 Å². The minimum atomic E-state index is 0.298. The van der Waals surface area contributed by atoms with Crippen LogP contribution in [-0.4, -0.2) is 61.0 Å². The Bertz CT molecular complexity index is 723. The van der Waals surface area contributed by atoms with Crippen molar-refractivity contribution in [2.75, 3.05) is 32.8 Å². The van der Waals surface area contributed by atoms with Gasteiger partial charge in [0.05, 0.1) is 25.4 Å². The molecule has 0 radical (unpaired) electrons. The average molecular weight is 416 g/mol. The summed E-state index contributed by atoms with van der Waals surface area (Å²) in [7, 11) is 0. The minimum absolute atomic E-state index is 0.298. The van der Waals surface area contributed by atoms with Crippen LogP contribution in [-0.2, 0) is 28.9 Å². The number of hydrogen-bond donors (Lipinski definition) is 2. The Hall–Kier alpha value is -1.79. The van der Waals surface area contributed by atoms with Crippen molar-refractivity contribution in [1.82, 2.24) is 10.2 Å². The van der Waals surface area contributed by atoms with Crippen LogP contribution in [0.15, 0.2) is 17.1 Å². The number of phenolic OH excluding ortho intramolecular Hbond substituents is 1. The summed E-state index contributed by atoms with van der Waals surface area (Å²) in [6.07, 6.45) is 9.56. The quantitative estimate of drug-likeness (QED) is 0.551. The Morgan fingerprint density at radius 2 is 2.03 bits per heavy atom. The van der Waals surface area contributed by atoms with Gasteiger partial charge in [0, 0.05) is 31.8 Å². The van der Waals surface area contributed by atoms with E-state index in [1.165, 1.54) is 24.0 Å². The highest BCUT2D eigenvalue weighted by atomic mass is 16.5. The minimum Gasteiger partial charge on any atom is -0.508 e. The van der Waals surface area contributed by atoms with Crippen molar-refractivity contribution in [2.24, 2.45) is 4.99 Å². The van der Waals surface area contributed by atoms with Crippen LogP contribution in [0.1, 0.15) is 62.1 Å². The zero-order chi connectivity index (χ0) is 20.8. The molecule has 0 saturated carbocycles. The van der Waals surface area contributed by atoms with E-state index in [1.807, 2.05) is 6.07 Å². The molecule has 1 aromatic carbocycles. The van der Waals surface area contributed by atoms with Crippen molar-refractivity contribution in [3.8, 4) is 5.75 Å². The molecule has 6 heteroatoms. The fourth-order valence-electron chi connectivity index (χ4n) is 4.90. The molecule has 30 heavy (non-hydrogen) atoms. The van der Waals surface area contributed by atoms with E-state index in [4.69, 9.17) is 14.5 Å². The topological polar surface area (TPSA) is 66.3 Å². The van der Waals surface area contributed by atoms with Crippen molar-refractivity contribution in [3.63, 3.8) is 0 Å². The summed E-state index contributed by atoms with van der Waals surface area (Å²) >= 11 is 0. The maximum absolute atomic E-state index is 10.5. The Labute approximate surface area is 180 Å². The molecule has 1 unspecified atom stereocenters. The van der Waals surface area contributed by atoms with E-state index in [1.54, 1.807) is 0 Å². The van der Waals surface area contributed by atoms with Gasteiger partial charge < -0.3 is 24.8 Å². The Balaban J connectivity index is 1.35. The molecule has 2 heterocycles. The Morgan fingerprint density at radius 1 is 1.20 bits per heavy atom. The summed E-state index contributed by atoms with van der Waals surface area (Å²) in [4.78, 5) is 7.26. The highest BCUT2D eigenvalue weighted by Gasteiger charge is 2.24. The molecule has 1 atom stereocenters. The van der Waals surface area contributed by atoms with Gasteiger partial charge in [0.25, 0.3) is 0 Å². The van der Waals surface area contributed by atoms with Crippen molar-refractivity contribution in [1.29, 1.82) is 0 Å². The number of nitrogens with one attached hydrogen (secondary N) is 1. The molecule has 0 bridgehead atoms. The highest BCUT2D eigenvalue weighted by Crippen LogP contribution is 2.31. The first kappa shape index (κ1) is 21.4. The molecular weight excluding hydrogens is 378 g/mol. The molecule has 2 fully saturated rings. The lowest BCUT2D eigenvalue weighted by molar-refractivity contribution is -0.0367. The number of phenols is 1. The normalized spacial score (nSPS) is 22.9. The van der Waals surface area contributed by atoms with Crippen molar-refractivity contribution < 1.29 is 14.6 Å². The second-order valence-electron chi connectivity index (χ2n) is 8.73. The first-order chi connectivity index (χ1) is 14.7. The zero-order valence-electron chi connectivity index (χ0n) is 18.4.